The molecule has 0 radical (unpaired) electrons. The second kappa shape index (κ2) is 6.48. The molecule has 1 heterocycles. The quantitative estimate of drug-likeness (QED) is 0.792. The third-order valence-electron chi connectivity index (χ3n) is 3.80. The Morgan fingerprint density at radius 1 is 1.04 bits per heavy atom. The van der Waals surface area contributed by atoms with E-state index in [4.69, 9.17) is 0 Å². The summed E-state index contributed by atoms with van der Waals surface area (Å²) < 4.78 is 42.0. The highest BCUT2D eigenvalue weighted by atomic mass is 32.2. The number of rotatable bonds is 2. The van der Waals surface area contributed by atoms with Crippen LogP contribution >= 0.6 is 11.8 Å². The van der Waals surface area contributed by atoms with E-state index in [-0.39, 0.29) is 10.6 Å². The first-order valence-corrected chi connectivity index (χ1v) is 8.35. The molecule has 1 aliphatic heterocycles. The van der Waals surface area contributed by atoms with Crippen LogP contribution in [0, 0.1) is 0 Å². The number of nitrogens with zero attached hydrogens (tertiary/aromatic N) is 1. The zero-order valence-electron chi connectivity index (χ0n) is 13.2. The van der Waals surface area contributed by atoms with Crippen LogP contribution in [0.15, 0.2) is 71.8 Å². The molecule has 1 fully saturated rings. The topological polar surface area (TPSA) is 32.3 Å². The van der Waals surface area contributed by atoms with Crippen molar-refractivity contribution < 1.29 is 18.0 Å². The number of carbonyl (C=O) groups is 1. The lowest BCUT2D eigenvalue weighted by molar-refractivity contribution is -0.167. The van der Waals surface area contributed by atoms with E-state index >= 15 is 0 Å². The van der Waals surface area contributed by atoms with Crippen molar-refractivity contribution in [2.75, 3.05) is 4.90 Å². The maximum atomic E-state index is 14.0. The number of amides is 2. The lowest BCUT2D eigenvalue weighted by atomic mass is 10.1. The van der Waals surface area contributed by atoms with Crippen LogP contribution in [-0.2, 0) is 4.87 Å². The fourth-order valence-electron chi connectivity index (χ4n) is 2.64. The molecule has 1 atom stereocenters. The van der Waals surface area contributed by atoms with Crippen LogP contribution in [0.1, 0.15) is 12.5 Å². The highest BCUT2D eigenvalue weighted by Crippen LogP contribution is 2.53. The molecule has 7 heteroatoms. The van der Waals surface area contributed by atoms with E-state index in [9.17, 15) is 18.0 Å². The molecule has 2 amide bonds. The van der Waals surface area contributed by atoms with Gasteiger partial charge in [0.15, 0.2) is 0 Å². The molecule has 0 aliphatic carbocycles. The number of allylic oxidation sites excluding steroid dienone is 1. The summed E-state index contributed by atoms with van der Waals surface area (Å²) in [5, 5.41) is 2.40. The first kappa shape index (κ1) is 17.4. The molecular weight excluding hydrogens is 349 g/mol. The molecule has 0 spiro atoms. The predicted octanol–water partition coefficient (Wildman–Crippen LogP) is 5.23. The smallest absolute Gasteiger partial charge is 0.311 e. The number of urea groups is 1. The van der Waals surface area contributed by atoms with Gasteiger partial charge in [0.25, 0.3) is 0 Å². The maximum Gasteiger partial charge on any atom is 0.425 e. The Morgan fingerprint density at radius 2 is 1.60 bits per heavy atom. The minimum Gasteiger partial charge on any atom is -0.311 e. The minimum absolute atomic E-state index is 0.0205. The van der Waals surface area contributed by atoms with Crippen LogP contribution in [0.3, 0.4) is 0 Å². The largest absolute Gasteiger partial charge is 0.425 e. The monoisotopic (exact) mass is 364 g/mol. The van der Waals surface area contributed by atoms with E-state index in [1.54, 1.807) is 43.3 Å². The van der Waals surface area contributed by atoms with Gasteiger partial charge < -0.3 is 5.32 Å². The Labute approximate surface area is 147 Å². The van der Waals surface area contributed by atoms with Crippen molar-refractivity contribution in [3.05, 3.63) is 77.3 Å². The number of nitrogens with one attached hydrogen (secondary N) is 1. The van der Waals surface area contributed by atoms with E-state index in [0.717, 1.165) is 0 Å². The molecule has 1 N–H and O–H groups in total. The first-order chi connectivity index (χ1) is 11.9. The van der Waals surface area contributed by atoms with Gasteiger partial charge in [0, 0.05) is 0 Å². The number of carbonyl (C=O) groups excluding carboxylic acids is 1. The van der Waals surface area contributed by atoms with Gasteiger partial charge in [-0.3, -0.25) is 4.90 Å². The molecule has 1 aliphatic rings. The molecule has 25 heavy (non-hydrogen) atoms. The first-order valence-electron chi connectivity index (χ1n) is 7.54. The number of alkyl halides is 3. The van der Waals surface area contributed by atoms with E-state index in [2.05, 4.69) is 5.32 Å². The van der Waals surface area contributed by atoms with E-state index < -0.39 is 17.1 Å². The van der Waals surface area contributed by atoms with Gasteiger partial charge in [0.05, 0.1) is 10.7 Å². The van der Waals surface area contributed by atoms with Crippen molar-refractivity contribution >= 4 is 23.5 Å². The molecule has 0 aromatic heterocycles. The molecule has 1 saturated heterocycles. The Balaban J connectivity index is 2.10. The Bertz CT molecular complexity index is 793. The van der Waals surface area contributed by atoms with Gasteiger partial charge in [-0.05, 0) is 24.6 Å². The van der Waals surface area contributed by atoms with Crippen molar-refractivity contribution in [2.45, 2.75) is 18.0 Å². The highest BCUT2D eigenvalue weighted by Gasteiger charge is 2.61. The van der Waals surface area contributed by atoms with Crippen LogP contribution in [0.5, 0.6) is 0 Å². The van der Waals surface area contributed by atoms with Gasteiger partial charge in [-0.1, -0.05) is 66.4 Å². The van der Waals surface area contributed by atoms with Crippen molar-refractivity contribution in [2.24, 2.45) is 0 Å². The number of hydrogen-bond acceptors (Lipinski definition) is 2. The third kappa shape index (κ3) is 3.00. The van der Waals surface area contributed by atoms with Gasteiger partial charge in [-0.25, -0.2) is 4.79 Å². The van der Waals surface area contributed by atoms with E-state index in [1.807, 2.05) is 0 Å². The summed E-state index contributed by atoms with van der Waals surface area (Å²) in [5.74, 6) is 0. The molecule has 2 aromatic rings. The zero-order chi connectivity index (χ0) is 18.1. The van der Waals surface area contributed by atoms with Crippen LogP contribution < -0.4 is 10.2 Å². The number of anilines is 1. The van der Waals surface area contributed by atoms with Gasteiger partial charge in [0.2, 0.25) is 4.87 Å². The minimum atomic E-state index is -4.67. The average molecular weight is 364 g/mol. The Kier molecular flexibility index (Phi) is 4.51. The van der Waals surface area contributed by atoms with Crippen LogP contribution in [0.2, 0.25) is 0 Å². The summed E-state index contributed by atoms with van der Waals surface area (Å²) in [7, 11) is 0. The second-order valence-electron chi connectivity index (χ2n) is 5.38. The van der Waals surface area contributed by atoms with Gasteiger partial charge in [0.1, 0.15) is 0 Å². The Morgan fingerprint density at radius 3 is 2.12 bits per heavy atom. The SMILES string of the molecule is C/C=C1\S[C@@](c2ccccc2)(C(F)(F)F)NC(=O)N1c1ccccc1. The summed E-state index contributed by atoms with van der Waals surface area (Å²) in [5.41, 5.74) is 0.484. The Hall–Kier alpha value is -2.41. The number of thioether (sulfide) groups is 1. The number of halogens is 3. The van der Waals surface area contributed by atoms with Gasteiger partial charge in [-0.15, -0.1) is 0 Å². The fourth-order valence-corrected chi connectivity index (χ4v) is 3.86. The summed E-state index contributed by atoms with van der Waals surface area (Å²) in [4.78, 5) is 11.4. The van der Waals surface area contributed by atoms with Gasteiger partial charge >= 0.3 is 12.2 Å². The van der Waals surface area contributed by atoms with E-state index in [0.29, 0.717) is 17.4 Å². The van der Waals surface area contributed by atoms with Crippen molar-refractivity contribution in [3.8, 4) is 0 Å². The molecule has 130 valence electrons. The molecule has 0 saturated carbocycles. The van der Waals surface area contributed by atoms with Crippen LogP contribution in [0.25, 0.3) is 0 Å². The zero-order valence-corrected chi connectivity index (χ0v) is 14.1. The molecule has 3 rings (SSSR count). The normalized spacial score (nSPS) is 22.8. The standard InChI is InChI=1S/C18H15F3N2OS/c1-2-15-23(14-11-7-4-8-12-14)16(24)22-17(25-15,18(19,20)21)13-9-5-3-6-10-13/h2-12H,1H3,(H,22,24)/b15-2-/t17-/m0/s1. The summed E-state index contributed by atoms with van der Waals surface area (Å²) >= 11 is 0.576. The van der Waals surface area contributed by atoms with Gasteiger partial charge in [-0.2, -0.15) is 13.2 Å². The average Bonchev–Trinajstić information content (AvgIpc) is 2.61. The lowest BCUT2D eigenvalue weighted by Gasteiger charge is -2.44. The van der Waals surface area contributed by atoms with Crippen molar-refractivity contribution in [3.63, 3.8) is 0 Å². The fraction of sp³-hybridized carbons (Fsp3) is 0.167. The molecule has 0 bridgehead atoms. The number of para-hydroxylation sites is 1. The third-order valence-corrected chi connectivity index (χ3v) is 5.31. The summed E-state index contributed by atoms with van der Waals surface area (Å²) in [6.45, 7) is 1.61. The number of hydrogen-bond donors (Lipinski definition) is 1. The maximum absolute atomic E-state index is 14.0. The lowest BCUT2D eigenvalue weighted by Crippen LogP contribution is -2.60. The van der Waals surface area contributed by atoms with Crippen molar-refractivity contribution in [1.29, 1.82) is 0 Å². The van der Waals surface area contributed by atoms with Crippen LogP contribution in [-0.4, -0.2) is 12.2 Å². The predicted molar refractivity (Wildman–Crippen MR) is 93.0 cm³/mol. The highest BCUT2D eigenvalue weighted by molar-refractivity contribution is 8.04. The van der Waals surface area contributed by atoms with E-state index in [1.165, 1.54) is 35.2 Å². The number of benzene rings is 2. The molecule has 3 nitrogen and oxygen atoms in total. The van der Waals surface area contributed by atoms with Crippen molar-refractivity contribution in [1.82, 2.24) is 5.32 Å². The van der Waals surface area contributed by atoms with Crippen LogP contribution in [0.4, 0.5) is 23.7 Å². The second-order valence-corrected chi connectivity index (χ2v) is 6.61. The molecular formula is C18H15F3N2OS. The molecule has 0 unspecified atom stereocenters. The summed E-state index contributed by atoms with van der Waals surface area (Å²) in [6, 6.07) is 15.2. The summed E-state index contributed by atoms with van der Waals surface area (Å²) in [6.07, 6.45) is -3.16. The molecule has 2 aromatic carbocycles.